The minimum atomic E-state index is -1.04. The van der Waals surface area contributed by atoms with Crippen LogP contribution in [-0.4, -0.2) is 140 Å². The van der Waals surface area contributed by atoms with Crippen LogP contribution in [0.2, 0.25) is 0 Å². The van der Waals surface area contributed by atoms with E-state index in [1.54, 1.807) is 47.5 Å². The minimum Gasteiger partial charge on any atom is -0.391 e. The average molecular weight is 1090 g/mol. The van der Waals surface area contributed by atoms with E-state index in [1.165, 1.54) is 9.80 Å². The lowest BCUT2D eigenvalue weighted by atomic mass is 9.85. The number of ether oxygens (including phenoxy) is 2. The summed E-state index contributed by atoms with van der Waals surface area (Å²) >= 11 is 3.12. The van der Waals surface area contributed by atoms with E-state index in [-0.39, 0.29) is 65.3 Å². The topological polar surface area (TPSA) is 242 Å². The molecule has 4 heterocycles. The molecule has 414 valence electrons. The maximum Gasteiger partial charge on any atom is 0.246 e. The summed E-state index contributed by atoms with van der Waals surface area (Å²) in [7, 11) is 0. The maximum atomic E-state index is 14.3. The van der Waals surface area contributed by atoms with E-state index < -0.39 is 93.7 Å². The van der Waals surface area contributed by atoms with Crippen molar-refractivity contribution in [3.8, 4) is 20.9 Å². The first-order valence-electron chi connectivity index (χ1n) is 25.8. The van der Waals surface area contributed by atoms with Crippen molar-refractivity contribution in [2.75, 3.05) is 32.9 Å². The number of aliphatic hydroxyl groups is 2. The molecule has 2 aliphatic rings. The van der Waals surface area contributed by atoms with Crippen LogP contribution in [0.1, 0.15) is 111 Å². The number of nitrogens with one attached hydrogen (secondary N) is 4. The van der Waals surface area contributed by atoms with Crippen LogP contribution in [0.25, 0.3) is 20.9 Å². The molecule has 2 fully saturated rings. The van der Waals surface area contributed by atoms with Crippen LogP contribution in [0.5, 0.6) is 0 Å². The van der Waals surface area contributed by atoms with Crippen LogP contribution in [0, 0.1) is 30.1 Å². The van der Waals surface area contributed by atoms with Crippen molar-refractivity contribution >= 4 is 58.1 Å². The van der Waals surface area contributed by atoms with Gasteiger partial charge in [-0.1, -0.05) is 104 Å². The van der Waals surface area contributed by atoms with Crippen LogP contribution in [-0.2, 0) is 51.3 Å². The fourth-order valence-electron chi connectivity index (χ4n) is 9.27. The summed E-state index contributed by atoms with van der Waals surface area (Å²) in [6, 6.07) is 11.7. The van der Waals surface area contributed by atoms with E-state index in [0.717, 1.165) is 43.4 Å². The normalized spacial score (nSPS) is 19.0. The van der Waals surface area contributed by atoms with E-state index in [4.69, 9.17) is 9.47 Å². The van der Waals surface area contributed by atoms with Gasteiger partial charge >= 0.3 is 0 Å². The summed E-state index contributed by atoms with van der Waals surface area (Å²) in [6.07, 6.45) is -1.82. The number of hydrogen-bond acceptors (Lipinski definition) is 14. The lowest BCUT2D eigenvalue weighted by Gasteiger charge is -2.36. The molecule has 20 heteroatoms. The molecule has 6 N–H and O–H groups in total. The Morgan fingerprint density at radius 3 is 1.42 bits per heavy atom. The van der Waals surface area contributed by atoms with E-state index in [9.17, 15) is 39.0 Å². The van der Waals surface area contributed by atoms with Crippen molar-refractivity contribution in [3.63, 3.8) is 0 Å². The smallest absolute Gasteiger partial charge is 0.246 e. The van der Waals surface area contributed by atoms with E-state index >= 15 is 0 Å². The molecule has 0 spiro atoms. The van der Waals surface area contributed by atoms with Gasteiger partial charge in [-0.2, -0.15) is 0 Å². The van der Waals surface area contributed by atoms with E-state index in [0.29, 0.717) is 0 Å². The molecule has 18 nitrogen and oxygen atoms in total. The zero-order chi connectivity index (χ0) is 55.9. The molecule has 2 aromatic heterocycles. The summed E-state index contributed by atoms with van der Waals surface area (Å²) in [6.45, 7) is 22.3. The second-order valence-corrected chi connectivity index (χ2v) is 25.5. The predicted octanol–water partition coefficient (Wildman–Crippen LogP) is 5.70. The summed E-state index contributed by atoms with van der Waals surface area (Å²) in [5.74, 6) is -2.74. The number of aromatic nitrogens is 2. The van der Waals surface area contributed by atoms with Crippen LogP contribution >= 0.6 is 22.7 Å². The average Bonchev–Trinajstić information content (AvgIpc) is 4.16. The van der Waals surface area contributed by atoms with Crippen LogP contribution in [0.3, 0.4) is 0 Å². The van der Waals surface area contributed by atoms with Gasteiger partial charge in [0.15, 0.2) is 0 Å². The number of carbonyl (C=O) groups excluding carboxylic acids is 6. The minimum absolute atomic E-state index is 0.0537. The van der Waals surface area contributed by atoms with Gasteiger partial charge in [-0.15, -0.1) is 22.7 Å². The summed E-state index contributed by atoms with van der Waals surface area (Å²) in [5, 5.41) is 32.9. The van der Waals surface area contributed by atoms with Crippen LogP contribution < -0.4 is 21.3 Å². The first kappa shape index (κ1) is 59.6. The fourth-order valence-corrected chi connectivity index (χ4v) is 10.9. The zero-order valence-corrected chi connectivity index (χ0v) is 47.7. The molecule has 0 aliphatic carbocycles. The Morgan fingerprint density at radius 2 is 1.04 bits per heavy atom. The number of carbonyl (C=O) groups is 6. The Morgan fingerprint density at radius 1 is 0.632 bits per heavy atom. The van der Waals surface area contributed by atoms with Gasteiger partial charge in [0, 0.05) is 44.4 Å². The molecule has 2 aliphatic heterocycles. The first-order chi connectivity index (χ1) is 35.5. The Balaban J connectivity index is 0.958. The fraction of sp³-hybridized carbons (Fsp3) is 0.571. The van der Waals surface area contributed by atoms with Gasteiger partial charge in [-0.25, -0.2) is 9.97 Å². The van der Waals surface area contributed by atoms with Crippen LogP contribution in [0.4, 0.5) is 0 Å². The van der Waals surface area contributed by atoms with Gasteiger partial charge < -0.3 is 50.8 Å². The van der Waals surface area contributed by atoms with E-state index in [2.05, 4.69) is 31.2 Å². The molecule has 2 aromatic carbocycles. The van der Waals surface area contributed by atoms with Crippen LogP contribution in [0.15, 0.2) is 59.6 Å². The predicted molar refractivity (Wildman–Crippen MR) is 293 cm³/mol. The summed E-state index contributed by atoms with van der Waals surface area (Å²) in [4.78, 5) is 96.2. The molecule has 2 saturated heterocycles. The van der Waals surface area contributed by atoms with Gasteiger partial charge in [0.05, 0.1) is 69.6 Å². The van der Waals surface area contributed by atoms with Gasteiger partial charge in [0.25, 0.3) is 0 Å². The first-order valence-corrected chi connectivity index (χ1v) is 27.6. The van der Waals surface area contributed by atoms with Gasteiger partial charge in [0.1, 0.15) is 30.8 Å². The molecule has 6 amide bonds. The Hall–Kier alpha value is -5.64. The number of rotatable bonds is 21. The number of amides is 6. The molecule has 0 saturated carbocycles. The lowest BCUT2D eigenvalue weighted by molar-refractivity contribution is -0.146. The number of hydrogen-bond donors (Lipinski definition) is 6. The monoisotopic (exact) mass is 1090 g/mol. The summed E-state index contributed by atoms with van der Waals surface area (Å²) < 4.78 is 12.2. The largest absolute Gasteiger partial charge is 0.391 e. The highest BCUT2D eigenvalue weighted by Crippen LogP contribution is 2.32. The lowest BCUT2D eigenvalue weighted by Crippen LogP contribution is -2.58. The molecule has 6 atom stereocenters. The number of β-amino-alcohol motifs (C(OH)–C–C–N with tert-alkyl or cyclic N) is 2. The van der Waals surface area contributed by atoms with Gasteiger partial charge in [-0.05, 0) is 60.8 Å². The van der Waals surface area contributed by atoms with Gasteiger partial charge in [0.2, 0.25) is 35.4 Å². The molecular formula is C56H78N8O10S2. The number of aliphatic hydroxyl groups excluding tert-OH is 2. The molecule has 1 unspecified atom stereocenters. The van der Waals surface area contributed by atoms with E-state index in [1.807, 2.05) is 118 Å². The quantitative estimate of drug-likeness (QED) is 0.0590. The number of aryl methyl sites for hydroxylation is 2. The number of thiazole rings is 2. The van der Waals surface area contributed by atoms with Crippen molar-refractivity contribution in [1.82, 2.24) is 41.0 Å². The number of likely N-dealkylation sites (tertiary alicyclic amines) is 2. The van der Waals surface area contributed by atoms with Crippen molar-refractivity contribution < 1.29 is 48.5 Å². The zero-order valence-electron chi connectivity index (χ0n) is 46.1. The molecule has 0 bridgehead atoms. The molecule has 76 heavy (non-hydrogen) atoms. The third-order valence-corrected chi connectivity index (χ3v) is 15.5. The van der Waals surface area contributed by atoms with Gasteiger partial charge in [-0.3, -0.25) is 28.8 Å². The third kappa shape index (κ3) is 16.0. The molecule has 6 rings (SSSR count). The highest BCUT2D eigenvalue weighted by atomic mass is 32.1. The van der Waals surface area contributed by atoms with Crippen molar-refractivity contribution in [3.05, 3.63) is 82.1 Å². The molecular weight excluding hydrogens is 1010 g/mol. The second kappa shape index (κ2) is 24.8. The Labute approximate surface area is 455 Å². The third-order valence-electron chi connectivity index (χ3n) is 13.6. The standard InChI is InChI=1S/C56H78N8O10S2/c1-33-45(75-31-59-33)37-17-13-35(14-18-37)24-57-49(69)41-21-39(65)26-63(41)51(71)47(53(3,4)5)61-43(67)23-56(11,12)74-30-55(9,10)29-73-28-44(68)62-48(54(6,7)8)52(72)64-27-40(66)22-42(64)50(70)58-25-36-15-19-38(20-16-36)46-34(2)60-32-76-46/h13-20,31-32,39-42,47-48,65-66H,21-30H2,1-12H3,(H,57,69)(H,58,70)(H,61,67)(H,62,68)/t39-,40-,41-,42-,47?,48+/m0/s1. The highest BCUT2D eigenvalue weighted by molar-refractivity contribution is 7.13. The SMILES string of the molecule is Cc1ncsc1-c1ccc(CNC(=O)[C@@H]2C[C@H](O)CN2C(=O)C(NC(=O)CC(C)(C)OCC(C)(C)COCC(=O)N[C@H](C(=O)N2C[C@@H](O)C[C@H]2C(=O)NCc2ccc(-c3scnc3C)cc2)C(C)(C)C)C(C)(C)C)cc1. The molecule has 4 aromatic rings. The second-order valence-electron chi connectivity index (χ2n) is 23.8. The molecule has 0 radical (unpaired) electrons. The Bertz CT molecular complexity index is 2670. The highest BCUT2D eigenvalue weighted by Gasteiger charge is 2.46. The number of nitrogens with zero attached hydrogens (tertiary/aromatic N) is 4. The van der Waals surface area contributed by atoms with Crippen molar-refractivity contribution in [2.45, 2.75) is 157 Å². The maximum absolute atomic E-state index is 14.3. The number of benzene rings is 2. The van der Waals surface area contributed by atoms with Crippen molar-refractivity contribution in [1.29, 1.82) is 0 Å². The summed E-state index contributed by atoms with van der Waals surface area (Å²) in [5.41, 5.74) is 6.14. The van der Waals surface area contributed by atoms with Crippen molar-refractivity contribution in [2.24, 2.45) is 16.2 Å². The Kier molecular flexibility index (Phi) is 19.4.